The molecular formula is C17H18BrNO2. The summed E-state index contributed by atoms with van der Waals surface area (Å²) in [5.74, 6) is 0.505. The zero-order valence-corrected chi connectivity index (χ0v) is 13.9. The van der Waals surface area contributed by atoms with Crippen molar-refractivity contribution in [2.45, 2.75) is 26.9 Å². The van der Waals surface area contributed by atoms with Crippen molar-refractivity contribution in [1.82, 2.24) is 0 Å². The molecule has 0 saturated carbocycles. The van der Waals surface area contributed by atoms with E-state index in [1.165, 1.54) is 0 Å². The summed E-state index contributed by atoms with van der Waals surface area (Å²) >= 11 is 3.43. The minimum Gasteiger partial charge on any atom is -0.489 e. The van der Waals surface area contributed by atoms with E-state index in [9.17, 15) is 4.79 Å². The maximum Gasteiger partial charge on any atom is 0.256 e. The van der Waals surface area contributed by atoms with Gasteiger partial charge in [0.15, 0.2) is 0 Å². The highest BCUT2D eigenvalue weighted by atomic mass is 79.9. The van der Waals surface area contributed by atoms with Crippen LogP contribution in [0.5, 0.6) is 5.75 Å². The maximum absolute atomic E-state index is 12.4. The molecule has 0 spiro atoms. The molecule has 110 valence electrons. The number of halogens is 1. The fourth-order valence-electron chi connectivity index (χ4n) is 1.92. The van der Waals surface area contributed by atoms with Gasteiger partial charge in [0.05, 0.1) is 17.4 Å². The lowest BCUT2D eigenvalue weighted by Gasteiger charge is -2.15. The summed E-state index contributed by atoms with van der Waals surface area (Å²) in [5, 5.41) is 2.90. The van der Waals surface area contributed by atoms with Gasteiger partial charge < -0.3 is 10.1 Å². The summed E-state index contributed by atoms with van der Waals surface area (Å²) in [4.78, 5) is 12.4. The van der Waals surface area contributed by atoms with Gasteiger partial charge in [-0.15, -0.1) is 0 Å². The number of hydrogen-bond donors (Lipinski definition) is 1. The lowest BCUT2D eigenvalue weighted by atomic mass is 10.1. The Morgan fingerprint density at radius 1 is 1.19 bits per heavy atom. The number of carbonyl (C=O) groups is 1. The molecule has 1 amide bonds. The highest BCUT2D eigenvalue weighted by Crippen LogP contribution is 2.26. The number of nitrogens with one attached hydrogen (secondary N) is 1. The van der Waals surface area contributed by atoms with E-state index in [0.29, 0.717) is 17.0 Å². The Bertz CT molecular complexity index is 653. The van der Waals surface area contributed by atoms with Crippen LogP contribution in [-0.4, -0.2) is 12.0 Å². The molecule has 2 rings (SSSR count). The van der Waals surface area contributed by atoms with E-state index in [-0.39, 0.29) is 12.0 Å². The number of ether oxygens (including phenoxy) is 1. The van der Waals surface area contributed by atoms with E-state index in [1.807, 2.05) is 57.2 Å². The fraction of sp³-hybridized carbons (Fsp3) is 0.235. The number of hydrogen-bond acceptors (Lipinski definition) is 2. The van der Waals surface area contributed by atoms with Crippen LogP contribution >= 0.6 is 15.9 Å². The van der Waals surface area contributed by atoms with E-state index in [0.717, 1.165) is 10.0 Å². The van der Waals surface area contributed by atoms with Crippen LogP contribution in [0, 0.1) is 6.92 Å². The normalized spacial score (nSPS) is 10.5. The number of amides is 1. The first-order chi connectivity index (χ1) is 9.97. The molecule has 0 aliphatic heterocycles. The second-order valence-electron chi connectivity index (χ2n) is 5.10. The molecule has 0 bridgehead atoms. The van der Waals surface area contributed by atoms with Gasteiger partial charge in [-0.3, -0.25) is 4.79 Å². The van der Waals surface area contributed by atoms with E-state index >= 15 is 0 Å². The molecule has 0 aromatic heterocycles. The van der Waals surface area contributed by atoms with Crippen LogP contribution in [0.4, 0.5) is 5.69 Å². The molecule has 0 fully saturated rings. The van der Waals surface area contributed by atoms with Crippen LogP contribution in [0.2, 0.25) is 0 Å². The number of para-hydroxylation sites is 2. The molecular weight excluding hydrogens is 330 g/mol. The molecule has 0 unspecified atom stereocenters. The first kappa shape index (κ1) is 15.6. The molecule has 4 heteroatoms. The maximum atomic E-state index is 12.4. The second kappa shape index (κ2) is 6.76. The third kappa shape index (κ3) is 4.08. The van der Waals surface area contributed by atoms with Crippen molar-refractivity contribution in [3.8, 4) is 5.75 Å². The van der Waals surface area contributed by atoms with Crippen LogP contribution < -0.4 is 10.1 Å². The summed E-state index contributed by atoms with van der Waals surface area (Å²) < 4.78 is 6.48. The Kier molecular flexibility index (Phi) is 5.02. The number of carbonyl (C=O) groups excluding carboxylic acids is 1. The van der Waals surface area contributed by atoms with Gasteiger partial charge in [0, 0.05) is 4.47 Å². The molecule has 3 nitrogen and oxygen atoms in total. The van der Waals surface area contributed by atoms with Crippen LogP contribution in [0.3, 0.4) is 0 Å². The van der Waals surface area contributed by atoms with E-state index < -0.39 is 0 Å². The molecule has 0 saturated heterocycles. The second-order valence-corrected chi connectivity index (χ2v) is 5.95. The molecule has 2 aromatic carbocycles. The summed E-state index contributed by atoms with van der Waals surface area (Å²) in [6, 6.07) is 13.1. The van der Waals surface area contributed by atoms with Gasteiger partial charge in [-0.2, -0.15) is 0 Å². The number of aryl methyl sites for hydroxylation is 1. The molecule has 0 heterocycles. The predicted octanol–water partition coefficient (Wildman–Crippen LogP) is 4.80. The number of rotatable bonds is 4. The summed E-state index contributed by atoms with van der Waals surface area (Å²) in [7, 11) is 0. The van der Waals surface area contributed by atoms with Crippen LogP contribution in [-0.2, 0) is 0 Å². The highest BCUT2D eigenvalue weighted by molar-refractivity contribution is 9.10. The third-order valence-corrected chi connectivity index (χ3v) is 3.52. The van der Waals surface area contributed by atoms with Gasteiger partial charge in [0.25, 0.3) is 5.91 Å². The topological polar surface area (TPSA) is 38.3 Å². The van der Waals surface area contributed by atoms with Crippen LogP contribution in [0.25, 0.3) is 0 Å². The zero-order chi connectivity index (χ0) is 15.4. The summed E-state index contributed by atoms with van der Waals surface area (Å²) in [6.45, 7) is 5.89. The Morgan fingerprint density at radius 3 is 2.57 bits per heavy atom. The SMILES string of the molecule is Cc1ccc(C(=O)Nc2ccccc2OC(C)C)c(Br)c1. The molecule has 0 aliphatic carbocycles. The van der Waals surface area contributed by atoms with E-state index in [1.54, 1.807) is 6.07 Å². The Labute approximate surface area is 133 Å². The number of benzene rings is 2. The van der Waals surface area contributed by atoms with Gasteiger partial charge >= 0.3 is 0 Å². The van der Waals surface area contributed by atoms with Crippen molar-refractivity contribution in [1.29, 1.82) is 0 Å². The fourth-order valence-corrected chi connectivity index (χ4v) is 2.59. The Hall–Kier alpha value is -1.81. The molecule has 21 heavy (non-hydrogen) atoms. The van der Waals surface area contributed by atoms with Gasteiger partial charge in [-0.05, 0) is 66.5 Å². The minimum absolute atomic E-state index is 0.0502. The predicted molar refractivity (Wildman–Crippen MR) is 89.0 cm³/mol. The van der Waals surface area contributed by atoms with Crippen LogP contribution in [0.1, 0.15) is 29.8 Å². The van der Waals surface area contributed by atoms with Crippen LogP contribution in [0.15, 0.2) is 46.9 Å². The average Bonchev–Trinajstić information content (AvgIpc) is 2.40. The molecule has 0 radical (unpaired) electrons. The zero-order valence-electron chi connectivity index (χ0n) is 12.3. The highest BCUT2D eigenvalue weighted by Gasteiger charge is 2.13. The number of anilines is 1. The Balaban J connectivity index is 2.23. The summed E-state index contributed by atoms with van der Waals surface area (Å²) in [6.07, 6.45) is 0.0502. The average molecular weight is 348 g/mol. The molecule has 2 aromatic rings. The first-order valence-electron chi connectivity index (χ1n) is 6.80. The molecule has 0 atom stereocenters. The van der Waals surface area contributed by atoms with Crippen molar-refractivity contribution < 1.29 is 9.53 Å². The standard InChI is InChI=1S/C17H18BrNO2/c1-11(2)21-16-7-5-4-6-15(16)19-17(20)13-9-8-12(3)10-14(13)18/h4-11H,1-3H3,(H,19,20). The first-order valence-corrected chi connectivity index (χ1v) is 7.60. The van der Waals surface area contributed by atoms with E-state index in [4.69, 9.17) is 4.74 Å². The largest absolute Gasteiger partial charge is 0.489 e. The molecule has 0 aliphatic rings. The van der Waals surface area contributed by atoms with Gasteiger partial charge in [-0.25, -0.2) is 0 Å². The quantitative estimate of drug-likeness (QED) is 0.862. The monoisotopic (exact) mass is 347 g/mol. The third-order valence-electron chi connectivity index (χ3n) is 2.87. The van der Waals surface area contributed by atoms with Crippen molar-refractivity contribution in [3.05, 3.63) is 58.1 Å². The van der Waals surface area contributed by atoms with Crippen molar-refractivity contribution in [2.75, 3.05) is 5.32 Å². The smallest absolute Gasteiger partial charge is 0.256 e. The van der Waals surface area contributed by atoms with Gasteiger partial charge in [-0.1, -0.05) is 18.2 Å². The molecule has 1 N–H and O–H groups in total. The van der Waals surface area contributed by atoms with E-state index in [2.05, 4.69) is 21.2 Å². The van der Waals surface area contributed by atoms with Gasteiger partial charge in [0.2, 0.25) is 0 Å². The summed E-state index contributed by atoms with van der Waals surface area (Å²) in [5.41, 5.74) is 2.37. The van der Waals surface area contributed by atoms with Crippen molar-refractivity contribution >= 4 is 27.5 Å². The minimum atomic E-state index is -0.165. The lowest BCUT2D eigenvalue weighted by molar-refractivity contribution is 0.102. The van der Waals surface area contributed by atoms with Crippen molar-refractivity contribution in [2.24, 2.45) is 0 Å². The lowest BCUT2D eigenvalue weighted by Crippen LogP contribution is -2.15. The Morgan fingerprint density at radius 2 is 1.90 bits per heavy atom. The van der Waals surface area contributed by atoms with Gasteiger partial charge in [0.1, 0.15) is 5.75 Å². The van der Waals surface area contributed by atoms with Crippen molar-refractivity contribution in [3.63, 3.8) is 0 Å².